The van der Waals surface area contributed by atoms with Crippen LogP contribution in [0.15, 0.2) is 30.3 Å². The molecule has 0 spiro atoms. The largest absolute Gasteiger partial charge is 0.477 e. The van der Waals surface area contributed by atoms with Crippen molar-refractivity contribution in [1.82, 2.24) is 19.7 Å². The molecule has 35 heavy (non-hydrogen) atoms. The molecular formula is C26H30N6O3. The number of morpholine rings is 1. The Bertz CT molecular complexity index is 1270. The van der Waals surface area contributed by atoms with Crippen LogP contribution in [0.1, 0.15) is 48.4 Å². The number of hydrogen-bond acceptors (Lipinski definition) is 7. The molecular weight excluding hydrogens is 444 g/mol. The number of nitriles is 1. The number of carboxylic acid groups (broad SMARTS) is 1. The van der Waals surface area contributed by atoms with Crippen LogP contribution in [-0.2, 0) is 4.74 Å². The van der Waals surface area contributed by atoms with Crippen LogP contribution in [0.4, 0.5) is 5.69 Å². The summed E-state index contributed by atoms with van der Waals surface area (Å²) in [7, 11) is 0. The van der Waals surface area contributed by atoms with Gasteiger partial charge in [-0.3, -0.25) is 4.90 Å². The Morgan fingerprint density at radius 3 is 2.63 bits per heavy atom. The number of aromatic nitrogens is 3. The third kappa shape index (κ3) is 4.47. The Hall–Kier alpha value is -3.48. The molecule has 1 aromatic carbocycles. The highest BCUT2D eigenvalue weighted by Crippen LogP contribution is 2.37. The number of carbonyl (C=O) groups is 1. The fourth-order valence-corrected chi connectivity index (χ4v) is 5.09. The zero-order valence-electron chi connectivity index (χ0n) is 20.1. The number of fused-ring (bicyclic) bond motifs is 1. The third-order valence-electron chi connectivity index (χ3n) is 6.90. The highest BCUT2D eigenvalue weighted by molar-refractivity contribution is 6.00. The Labute approximate surface area is 204 Å². The molecule has 2 aliphatic rings. The van der Waals surface area contributed by atoms with E-state index in [1.165, 1.54) is 0 Å². The lowest BCUT2D eigenvalue weighted by Gasteiger charge is -2.29. The van der Waals surface area contributed by atoms with Gasteiger partial charge in [0.05, 0.1) is 42.9 Å². The average molecular weight is 475 g/mol. The molecule has 4 heterocycles. The molecule has 0 radical (unpaired) electrons. The summed E-state index contributed by atoms with van der Waals surface area (Å²) in [5, 5.41) is 24.8. The van der Waals surface area contributed by atoms with Gasteiger partial charge in [-0.15, -0.1) is 0 Å². The van der Waals surface area contributed by atoms with Crippen molar-refractivity contribution in [3.8, 4) is 17.2 Å². The van der Waals surface area contributed by atoms with E-state index in [1.54, 1.807) is 6.07 Å². The van der Waals surface area contributed by atoms with Crippen LogP contribution in [0.2, 0.25) is 0 Å². The van der Waals surface area contributed by atoms with Gasteiger partial charge >= 0.3 is 5.97 Å². The zero-order chi connectivity index (χ0) is 24.5. The summed E-state index contributed by atoms with van der Waals surface area (Å²) in [6.45, 7) is 9.24. The molecule has 3 aromatic rings. The quantitative estimate of drug-likeness (QED) is 0.541. The molecule has 0 saturated carbocycles. The van der Waals surface area contributed by atoms with E-state index in [1.807, 2.05) is 4.68 Å². The summed E-state index contributed by atoms with van der Waals surface area (Å²) < 4.78 is 7.37. The fraction of sp³-hybridized carbons (Fsp3) is 0.462. The number of ether oxygens (including phenoxy) is 1. The van der Waals surface area contributed by atoms with Crippen LogP contribution < -0.4 is 4.90 Å². The van der Waals surface area contributed by atoms with Crippen LogP contribution >= 0.6 is 0 Å². The molecule has 5 rings (SSSR count). The van der Waals surface area contributed by atoms with E-state index in [9.17, 15) is 9.90 Å². The first kappa shape index (κ1) is 23.3. The number of likely N-dealkylation sites (tertiary alicyclic amines) is 1. The number of anilines is 1. The number of nitrogens with zero attached hydrogens (tertiary/aromatic N) is 6. The first-order valence-corrected chi connectivity index (χ1v) is 12.1. The number of aromatic carboxylic acids is 1. The van der Waals surface area contributed by atoms with Gasteiger partial charge < -0.3 is 14.7 Å². The average Bonchev–Trinajstić information content (AvgIpc) is 3.49. The molecule has 1 atom stereocenters. The highest BCUT2D eigenvalue weighted by atomic mass is 16.5. The molecule has 0 bridgehead atoms. The molecule has 9 heteroatoms. The molecule has 2 saturated heterocycles. The number of rotatable bonds is 6. The molecule has 2 aromatic heterocycles. The van der Waals surface area contributed by atoms with Crippen molar-refractivity contribution >= 4 is 22.7 Å². The van der Waals surface area contributed by atoms with Crippen molar-refractivity contribution in [2.45, 2.75) is 32.2 Å². The van der Waals surface area contributed by atoms with Crippen molar-refractivity contribution < 1.29 is 14.6 Å². The van der Waals surface area contributed by atoms with E-state index in [4.69, 9.17) is 15.1 Å². The van der Waals surface area contributed by atoms with Gasteiger partial charge in [-0.1, -0.05) is 26.0 Å². The lowest BCUT2D eigenvalue weighted by Crippen LogP contribution is -2.36. The topological polar surface area (TPSA) is 108 Å². The van der Waals surface area contributed by atoms with Crippen LogP contribution in [0.3, 0.4) is 0 Å². The summed E-state index contributed by atoms with van der Waals surface area (Å²) >= 11 is 0. The first-order chi connectivity index (χ1) is 17.0. The molecule has 1 N–H and O–H groups in total. The minimum Gasteiger partial charge on any atom is -0.477 e. The Morgan fingerprint density at radius 1 is 1.23 bits per heavy atom. The summed E-state index contributed by atoms with van der Waals surface area (Å²) in [4.78, 5) is 21.0. The number of benzene rings is 1. The minimum atomic E-state index is -1.06. The van der Waals surface area contributed by atoms with E-state index in [0.717, 1.165) is 67.2 Å². The van der Waals surface area contributed by atoms with Gasteiger partial charge in [-0.2, -0.15) is 10.4 Å². The monoisotopic (exact) mass is 474 g/mol. The highest BCUT2D eigenvalue weighted by Gasteiger charge is 2.29. The van der Waals surface area contributed by atoms with Crippen LogP contribution in [-0.4, -0.2) is 76.7 Å². The second-order valence-electron chi connectivity index (χ2n) is 9.53. The van der Waals surface area contributed by atoms with Crippen molar-refractivity contribution in [3.05, 3.63) is 41.7 Å². The van der Waals surface area contributed by atoms with Gasteiger partial charge in [-0.25, -0.2) is 14.5 Å². The molecule has 0 amide bonds. The summed E-state index contributed by atoms with van der Waals surface area (Å²) in [5.41, 5.74) is 4.43. The van der Waals surface area contributed by atoms with Crippen LogP contribution in [0.25, 0.3) is 22.2 Å². The van der Waals surface area contributed by atoms with E-state index >= 15 is 0 Å². The normalized spacial score (nSPS) is 18.9. The SMILES string of the molecule is CC(C)c1nn(C2CCN(CC#N)C2)c2nc(C(=O)O)cc(-c3ccc(N4CCOCC4)cc3)c12. The number of hydrogen-bond donors (Lipinski definition) is 1. The maximum atomic E-state index is 12.0. The minimum absolute atomic E-state index is 0.00749. The van der Waals surface area contributed by atoms with E-state index in [2.05, 4.69) is 59.0 Å². The molecule has 2 fully saturated rings. The molecule has 2 aliphatic heterocycles. The van der Waals surface area contributed by atoms with Crippen molar-refractivity contribution in [1.29, 1.82) is 5.26 Å². The molecule has 1 unspecified atom stereocenters. The smallest absolute Gasteiger partial charge is 0.354 e. The zero-order valence-corrected chi connectivity index (χ0v) is 20.1. The predicted octanol–water partition coefficient (Wildman–Crippen LogP) is 3.53. The van der Waals surface area contributed by atoms with Gasteiger partial charge in [0, 0.05) is 31.9 Å². The van der Waals surface area contributed by atoms with Crippen molar-refractivity contribution in [2.24, 2.45) is 0 Å². The lowest BCUT2D eigenvalue weighted by atomic mass is 9.97. The number of pyridine rings is 1. The molecule has 182 valence electrons. The maximum Gasteiger partial charge on any atom is 0.354 e. The van der Waals surface area contributed by atoms with E-state index in [0.29, 0.717) is 18.7 Å². The van der Waals surface area contributed by atoms with E-state index < -0.39 is 5.97 Å². The van der Waals surface area contributed by atoms with Crippen molar-refractivity contribution in [3.63, 3.8) is 0 Å². The van der Waals surface area contributed by atoms with Gasteiger partial charge in [0.2, 0.25) is 0 Å². The summed E-state index contributed by atoms with van der Waals surface area (Å²) in [5.74, 6) is -0.923. The van der Waals surface area contributed by atoms with Gasteiger partial charge in [0.15, 0.2) is 11.3 Å². The Kier molecular flexibility index (Phi) is 6.41. The standard InChI is InChI=1S/C26H30N6O3/c1-17(2)24-23-21(18-3-5-19(6-4-18)31-11-13-35-14-12-31)15-22(26(33)34)28-25(23)32(29-24)20-7-9-30(16-20)10-8-27/h3-6,15,17,20H,7,9-14,16H2,1-2H3,(H,33,34). The van der Waals surface area contributed by atoms with Gasteiger partial charge in [-0.05, 0) is 41.7 Å². The molecule has 9 nitrogen and oxygen atoms in total. The van der Waals surface area contributed by atoms with E-state index in [-0.39, 0.29) is 17.7 Å². The summed E-state index contributed by atoms with van der Waals surface area (Å²) in [6.07, 6.45) is 0.846. The predicted molar refractivity (Wildman–Crippen MR) is 133 cm³/mol. The maximum absolute atomic E-state index is 12.0. The second kappa shape index (κ2) is 9.64. The Morgan fingerprint density at radius 2 is 1.97 bits per heavy atom. The first-order valence-electron chi connectivity index (χ1n) is 12.1. The third-order valence-corrected chi connectivity index (χ3v) is 6.90. The van der Waals surface area contributed by atoms with Crippen LogP contribution in [0, 0.1) is 11.3 Å². The summed E-state index contributed by atoms with van der Waals surface area (Å²) in [6, 6.07) is 12.2. The lowest BCUT2D eigenvalue weighted by molar-refractivity contribution is 0.0691. The number of carboxylic acids is 1. The Balaban J connectivity index is 1.62. The molecule has 0 aliphatic carbocycles. The second-order valence-corrected chi connectivity index (χ2v) is 9.53. The van der Waals surface area contributed by atoms with Crippen LogP contribution in [0.5, 0.6) is 0 Å². The fourth-order valence-electron chi connectivity index (χ4n) is 5.09. The van der Waals surface area contributed by atoms with Crippen molar-refractivity contribution in [2.75, 3.05) is 50.8 Å². The van der Waals surface area contributed by atoms with Gasteiger partial charge in [0.1, 0.15) is 0 Å². The van der Waals surface area contributed by atoms with Gasteiger partial charge in [0.25, 0.3) is 0 Å².